The lowest BCUT2D eigenvalue weighted by molar-refractivity contribution is -0.757. The molecule has 1 aromatic rings. The van der Waals surface area contributed by atoms with Crippen LogP contribution >= 0.6 is 0 Å². The van der Waals surface area contributed by atoms with Gasteiger partial charge >= 0.3 is 0 Å². The number of benzene rings is 1. The number of hydrogen-bond acceptors (Lipinski definition) is 6. The first-order valence-electron chi connectivity index (χ1n) is 16.6. The minimum absolute atomic E-state index is 0.153. The molecule has 244 valence electrons. The van der Waals surface area contributed by atoms with E-state index in [1.807, 2.05) is 25.1 Å². The number of ether oxygens (including phenoxy) is 1. The van der Waals surface area contributed by atoms with Gasteiger partial charge in [0.05, 0.1) is 13.2 Å². The number of likely N-dealkylation sites (tertiary alicyclic amines) is 1. The van der Waals surface area contributed by atoms with E-state index in [2.05, 4.69) is 66.2 Å². The summed E-state index contributed by atoms with van der Waals surface area (Å²) in [4.78, 5) is 28.5. The number of aryl methyl sites for hydroxylation is 1. The standard InChI is InChI=1S/C18H33N3O4.C17H26O/c1-2-3-4-5-9-18(22)19-12-7-13-20-14-10-17(11-15-20)8-6-16-25-21(23)24;1-4-9-16(5-2)11-6-7-13-18-17-12-8-10-15(3)14-17/h2-3,17H,4-16H2,1H3,(H,19,22);6,8,10-12,14,16H,4-5,7,9,13H2,1-3H3/b3-2-;11-6+. The van der Waals surface area contributed by atoms with E-state index in [0.29, 0.717) is 12.3 Å². The second-order valence-electron chi connectivity index (χ2n) is 11.5. The molecule has 8 nitrogen and oxygen atoms in total. The summed E-state index contributed by atoms with van der Waals surface area (Å²) in [6.07, 6.45) is 21.1. The van der Waals surface area contributed by atoms with Gasteiger partial charge < -0.3 is 19.8 Å². The van der Waals surface area contributed by atoms with Gasteiger partial charge in [-0.1, -0.05) is 56.7 Å². The minimum Gasteiger partial charge on any atom is -0.493 e. The summed E-state index contributed by atoms with van der Waals surface area (Å²) >= 11 is 0. The van der Waals surface area contributed by atoms with Gasteiger partial charge in [0.25, 0.3) is 5.09 Å². The van der Waals surface area contributed by atoms with Crippen LogP contribution in [-0.4, -0.2) is 55.3 Å². The fourth-order valence-corrected chi connectivity index (χ4v) is 5.22. The molecule has 1 aliphatic heterocycles. The molecular formula is C35H59N3O5. The third-order valence-electron chi connectivity index (χ3n) is 7.78. The highest BCUT2D eigenvalue weighted by Gasteiger charge is 2.18. The van der Waals surface area contributed by atoms with Crippen molar-refractivity contribution in [1.82, 2.24) is 10.2 Å². The van der Waals surface area contributed by atoms with E-state index in [4.69, 9.17) is 4.74 Å². The predicted octanol–water partition coefficient (Wildman–Crippen LogP) is 8.09. The quantitative estimate of drug-likeness (QED) is 0.0662. The van der Waals surface area contributed by atoms with E-state index in [1.54, 1.807) is 0 Å². The fourth-order valence-electron chi connectivity index (χ4n) is 5.22. The zero-order chi connectivity index (χ0) is 31.5. The normalized spacial score (nSPS) is 14.8. The van der Waals surface area contributed by atoms with Crippen LogP contribution < -0.4 is 10.1 Å². The molecule has 0 spiro atoms. The second kappa shape index (κ2) is 25.6. The van der Waals surface area contributed by atoms with Crippen LogP contribution in [0.15, 0.2) is 48.6 Å². The number of hydrogen-bond donors (Lipinski definition) is 1. The van der Waals surface area contributed by atoms with Gasteiger partial charge in [0.15, 0.2) is 0 Å². The maximum atomic E-state index is 11.7. The van der Waals surface area contributed by atoms with Gasteiger partial charge in [0.1, 0.15) is 5.75 Å². The molecule has 0 aliphatic carbocycles. The van der Waals surface area contributed by atoms with Crippen molar-refractivity contribution >= 4 is 5.91 Å². The Morgan fingerprint density at radius 2 is 1.93 bits per heavy atom. The molecule has 0 aromatic heterocycles. The van der Waals surface area contributed by atoms with Gasteiger partial charge in [-0.25, -0.2) is 0 Å². The Bertz CT molecular complexity index is 912. The highest BCUT2D eigenvalue weighted by atomic mass is 16.9. The smallest absolute Gasteiger partial charge is 0.294 e. The van der Waals surface area contributed by atoms with E-state index in [-0.39, 0.29) is 12.5 Å². The molecule has 1 aliphatic rings. The Morgan fingerprint density at radius 1 is 1.14 bits per heavy atom. The molecule has 1 amide bonds. The molecule has 0 bridgehead atoms. The average molecular weight is 602 g/mol. The van der Waals surface area contributed by atoms with Gasteiger partial charge in [-0.2, -0.15) is 0 Å². The Kier molecular flexibility index (Phi) is 22.7. The number of amides is 1. The first-order chi connectivity index (χ1) is 20.9. The number of unbranched alkanes of at least 4 members (excludes halogenated alkanes) is 1. The molecule has 1 heterocycles. The number of piperidine rings is 1. The topological polar surface area (TPSA) is 93.9 Å². The highest BCUT2D eigenvalue weighted by Crippen LogP contribution is 2.22. The minimum atomic E-state index is -0.719. The van der Waals surface area contributed by atoms with Crippen molar-refractivity contribution in [2.45, 2.75) is 105 Å². The van der Waals surface area contributed by atoms with Crippen LogP contribution in [0, 0.1) is 28.9 Å². The Balaban J connectivity index is 0.000000453. The summed E-state index contributed by atoms with van der Waals surface area (Å²) in [6.45, 7) is 13.5. The Labute approximate surface area is 261 Å². The molecule has 1 unspecified atom stereocenters. The predicted molar refractivity (Wildman–Crippen MR) is 177 cm³/mol. The van der Waals surface area contributed by atoms with Gasteiger partial charge in [-0.05, 0) is 127 Å². The monoisotopic (exact) mass is 601 g/mol. The molecule has 1 N–H and O–H groups in total. The lowest BCUT2D eigenvalue weighted by Gasteiger charge is -2.32. The molecular weight excluding hydrogens is 542 g/mol. The van der Waals surface area contributed by atoms with Gasteiger partial charge in [0, 0.05) is 13.0 Å². The molecule has 1 fully saturated rings. The van der Waals surface area contributed by atoms with E-state index < -0.39 is 5.09 Å². The third kappa shape index (κ3) is 21.5. The summed E-state index contributed by atoms with van der Waals surface area (Å²) in [5.74, 6) is 2.53. The summed E-state index contributed by atoms with van der Waals surface area (Å²) < 4.78 is 5.71. The van der Waals surface area contributed by atoms with Gasteiger partial charge in [-0.15, -0.1) is 10.1 Å². The van der Waals surface area contributed by atoms with E-state index in [9.17, 15) is 14.9 Å². The Morgan fingerprint density at radius 3 is 2.60 bits per heavy atom. The zero-order valence-corrected chi connectivity index (χ0v) is 27.4. The molecule has 2 rings (SSSR count). The summed E-state index contributed by atoms with van der Waals surface area (Å²) in [6, 6.07) is 8.22. The van der Waals surface area contributed by atoms with Gasteiger partial charge in [0.2, 0.25) is 5.91 Å². The van der Waals surface area contributed by atoms with Crippen LogP contribution in [0.3, 0.4) is 0 Å². The molecule has 8 heteroatoms. The fraction of sp³-hybridized carbons (Fsp3) is 0.686. The van der Waals surface area contributed by atoms with Crippen LogP contribution in [0.2, 0.25) is 0 Å². The first-order valence-corrected chi connectivity index (χ1v) is 16.6. The van der Waals surface area contributed by atoms with Crippen molar-refractivity contribution in [2.24, 2.45) is 11.8 Å². The lowest BCUT2D eigenvalue weighted by Crippen LogP contribution is -2.36. The molecule has 0 radical (unpaired) electrons. The number of allylic oxidation sites excluding steroid dienone is 3. The lowest BCUT2D eigenvalue weighted by atomic mass is 9.92. The number of nitrogens with zero attached hydrogens (tertiary/aromatic N) is 2. The second-order valence-corrected chi connectivity index (χ2v) is 11.5. The summed E-state index contributed by atoms with van der Waals surface area (Å²) in [5.41, 5.74) is 1.25. The molecule has 1 aromatic carbocycles. The summed E-state index contributed by atoms with van der Waals surface area (Å²) in [5, 5.41) is 12.4. The molecule has 1 saturated heterocycles. The maximum absolute atomic E-state index is 11.7. The maximum Gasteiger partial charge on any atom is 0.294 e. The SMILES string of the molecule is C/C=C\CCCC(=O)NCCCN1CCC(CCCO[N+](=O)[O-])CC1.CCCC(/C=C/CCOc1cccc(C)c1)CC. The molecule has 1 atom stereocenters. The first kappa shape index (κ1) is 38.2. The van der Waals surface area contributed by atoms with Crippen molar-refractivity contribution in [3.05, 3.63) is 64.2 Å². The van der Waals surface area contributed by atoms with Crippen LogP contribution in [-0.2, 0) is 9.63 Å². The van der Waals surface area contributed by atoms with E-state index >= 15 is 0 Å². The van der Waals surface area contributed by atoms with Crippen molar-refractivity contribution in [3.8, 4) is 5.75 Å². The number of rotatable bonds is 21. The highest BCUT2D eigenvalue weighted by molar-refractivity contribution is 5.75. The number of carbonyl (C=O) groups excluding carboxylic acids is 1. The molecule has 43 heavy (non-hydrogen) atoms. The Hall–Kier alpha value is -2.87. The van der Waals surface area contributed by atoms with Crippen molar-refractivity contribution < 1.29 is 19.5 Å². The molecule has 0 saturated carbocycles. The summed E-state index contributed by atoms with van der Waals surface area (Å²) in [7, 11) is 0. The van der Waals surface area contributed by atoms with E-state index in [0.717, 1.165) is 95.8 Å². The van der Waals surface area contributed by atoms with Crippen LogP contribution in [0.25, 0.3) is 0 Å². The number of carbonyl (C=O) groups is 1. The van der Waals surface area contributed by atoms with Crippen LogP contribution in [0.4, 0.5) is 0 Å². The van der Waals surface area contributed by atoms with Crippen molar-refractivity contribution in [2.75, 3.05) is 39.4 Å². The van der Waals surface area contributed by atoms with Crippen LogP contribution in [0.5, 0.6) is 5.75 Å². The van der Waals surface area contributed by atoms with Gasteiger partial charge in [-0.3, -0.25) is 4.79 Å². The van der Waals surface area contributed by atoms with Crippen molar-refractivity contribution in [1.29, 1.82) is 0 Å². The largest absolute Gasteiger partial charge is 0.493 e. The third-order valence-corrected chi connectivity index (χ3v) is 7.78. The van der Waals surface area contributed by atoms with E-state index in [1.165, 1.54) is 24.8 Å². The zero-order valence-electron chi connectivity index (χ0n) is 27.4. The number of nitrogens with one attached hydrogen (secondary N) is 1. The van der Waals surface area contributed by atoms with Crippen LogP contribution in [0.1, 0.15) is 103 Å². The average Bonchev–Trinajstić information content (AvgIpc) is 3.00. The van der Waals surface area contributed by atoms with Crippen molar-refractivity contribution in [3.63, 3.8) is 0 Å².